The van der Waals surface area contributed by atoms with Crippen LogP contribution in [0, 0.1) is 0 Å². The van der Waals surface area contributed by atoms with E-state index in [1.54, 1.807) is 0 Å². The SMILES string of the molecule is CCOCCCn1c(NC(=O)c2ccc(Cl)c(NS(C)(=O)=O)c2)nc2ccccc21. The molecule has 0 bridgehead atoms. The van der Waals surface area contributed by atoms with E-state index in [2.05, 4.69) is 15.0 Å². The lowest BCUT2D eigenvalue weighted by molar-refractivity contribution is 0.102. The van der Waals surface area contributed by atoms with Crippen molar-refractivity contribution >= 4 is 50.2 Å². The highest BCUT2D eigenvalue weighted by atomic mass is 35.5. The molecule has 0 radical (unpaired) electrons. The lowest BCUT2D eigenvalue weighted by atomic mass is 10.2. The summed E-state index contributed by atoms with van der Waals surface area (Å²) in [6.45, 7) is 3.82. The fourth-order valence-corrected chi connectivity index (χ4v) is 3.77. The Bertz CT molecular complexity index is 1160. The quantitative estimate of drug-likeness (QED) is 0.483. The van der Waals surface area contributed by atoms with Gasteiger partial charge in [-0.05, 0) is 43.7 Å². The predicted molar refractivity (Wildman–Crippen MR) is 119 cm³/mol. The van der Waals surface area contributed by atoms with Gasteiger partial charge in [-0.15, -0.1) is 0 Å². The van der Waals surface area contributed by atoms with Crippen LogP contribution in [0.15, 0.2) is 42.5 Å². The van der Waals surface area contributed by atoms with Gasteiger partial charge < -0.3 is 9.30 Å². The van der Waals surface area contributed by atoms with Gasteiger partial charge in [0.2, 0.25) is 16.0 Å². The molecule has 1 amide bonds. The van der Waals surface area contributed by atoms with E-state index in [1.807, 2.05) is 35.8 Å². The van der Waals surface area contributed by atoms with Gasteiger partial charge in [-0.25, -0.2) is 13.4 Å². The molecule has 8 nitrogen and oxygen atoms in total. The number of hydrogen-bond acceptors (Lipinski definition) is 5. The number of imidazole rings is 1. The predicted octanol–water partition coefficient (Wildman–Crippen LogP) is 3.74. The molecule has 3 rings (SSSR count). The number of aryl methyl sites for hydroxylation is 1. The van der Waals surface area contributed by atoms with E-state index in [-0.39, 0.29) is 16.3 Å². The smallest absolute Gasteiger partial charge is 0.258 e. The Balaban J connectivity index is 1.87. The third-order valence-electron chi connectivity index (χ3n) is 4.28. The molecule has 160 valence electrons. The number of carbonyl (C=O) groups is 1. The minimum Gasteiger partial charge on any atom is -0.382 e. The van der Waals surface area contributed by atoms with E-state index in [4.69, 9.17) is 16.3 Å². The van der Waals surface area contributed by atoms with Crippen LogP contribution in [0.2, 0.25) is 5.02 Å². The number of fused-ring (bicyclic) bond motifs is 1. The highest BCUT2D eigenvalue weighted by Crippen LogP contribution is 2.25. The van der Waals surface area contributed by atoms with E-state index < -0.39 is 15.9 Å². The number of ether oxygens (including phenoxy) is 1. The molecule has 0 fully saturated rings. The molecule has 0 aliphatic rings. The van der Waals surface area contributed by atoms with Crippen LogP contribution in [0.25, 0.3) is 11.0 Å². The molecule has 3 aromatic rings. The first-order valence-corrected chi connectivity index (χ1v) is 11.7. The zero-order valence-corrected chi connectivity index (χ0v) is 18.3. The summed E-state index contributed by atoms with van der Waals surface area (Å²) < 4.78 is 32.7. The second-order valence-corrected chi connectivity index (χ2v) is 8.80. The number of benzene rings is 2. The molecule has 2 aromatic carbocycles. The third kappa shape index (κ3) is 5.50. The van der Waals surface area contributed by atoms with Crippen LogP contribution in [0.3, 0.4) is 0 Å². The van der Waals surface area contributed by atoms with E-state index in [9.17, 15) is 13.2 Å². The van der Waals surface area contributed by atoms with Gasteiger partial charge in [-0.3, -0.25) is 14.8 Å². The Hall–Kier alpha value is -2.62. The molecule has 0 atom stereocenters. The van der Waals surface area contributed by atoms with Crippen molar-refractivity contribution in [3.05, 3.63) is 53.1 Å². The molecule has 0 saturated heterocycles. The van der Waals surface area contributed by atoms with Crippen molar-refractivity contribution in [1.82, 2.24) is 9.55 Å². The molecule has 0 aliphatic carbocycles. The largest absolute Gasteiger partial charge is 0.382 e. The van der Waals surface area contributed by atoms with E-state index in [0.717, 1.165) is 23.7 Å². The van der Waals surface area contributed by atoms with Gasteiger partial charge in [-0.2, -0.15) is 0 Å². The molecular weight excluding hydrogens is 428 g/mol. The number of rotatable bonds is 9. The first kappa shape index (κ1) is 22.1. The standard InChI is InChI=1S/C20H23ClN4O4S/c1-3-29-12-6-11-25-18-8-5-4-7-16(18)22-20(25)23-19(26)14-9-10-15(21)17(13-14)24-30(2,27)28/h4-5,7-10,13,24H,3,6,11-12H2,1-2H3,(H,22,23,26). The molecule has 2 N–H and O–H groups in total. The lowest BCUT2D eigenvalue weighted by Crippen LogP contribution is -2.17. The number of hydrogen-bond donors (Lipinski definition) is 2. The molecule has 30 heavy (non-hydrogen) atoms. The number of nitrogens with one attached hydrogen (secondary N) is 2. The van der Waals surface area contributed by atoms with Gasteiger partial charge >= 0.3 is 0 Å². The highest BCUT2D eigenvalue weighted by Gasteiger charge is 2.16. The maximum absolute atomic E-state index is 12.8. The molecule has 10 heteroatoms. The van der Waals surface area contributed by atoms with Crippen LogP contribution < -0.4 is 10.0 Å². The summed E-state index contributed by atoms with van der Waals surface area (Å²) in [4.78, 5) is 17.4. The fraction of sp³-hybridized carbons (Fsp3) is 0.300. The first-order valence-electron chi connectivity index (χ1n) is 9.40. The summed E-state index contributed by atoms with van der Waals surface area (Å²) in [6, 6.07) is 12.0. The van der Waals surface area contributed by atoms with Crippen molar-refractivity contribution in [1.29, 1.82) is 0 Å². The Kier molecular flexibility index (Phi) is 6.96. The normalized spacial score (nSPS) is 11.6. The van der Waals surface area contributed by atoms with Crippen LogP contribution >= 0.6 is 11.6 Å². The number of nitrogens with zero attached hydrogens (tertiary/aromatic N) is 2. The van der Waals surface area contributed by atoms with E-state index >= 15 is 0 Å². The van der Waals surface area contributed by atoms with Crippen LogP contribution in [-0.2, 0) is 21.3 Å². The number of amides is 1. The highest BCUT2D eigenvalue weighted by molar-refractivity contribution is 7.92. The molecule has 0 saturated carbocycles. The number of para-hydroxylation sites is 2. The van der Waals surface area contributed by atoms with Gasteiger partial charge in [-0.1, -0.05) is 23.7 Å². The van der Waals surface area contributed by atoms with Crippen LogP contribution in [0.4, 0.5) is 11.6 Å². The Labute approximate surface area is 180 Å². The van der Waals surface area contributed by atoms with Crippen molar-refractivity contribution in [2.45, 2.75) is 19.9 Å². The number of carbonyl (C=O) groups excluding carboxylic acids is 1. The summed E-state index contributed by atoms with van der Waals surface area (Å²) in [7, 11) is -3.53. The van der Waals surface area contributed by atoms with E-state index in [0.29, 0.717) is 25.7 Å². The fourth-order valence-electron chi connectivity index (χ4n) is 2.98. The van der Waals surface area contributed by atoms with Crippen molar-refractivity contribution in [3.63, 3.8) is 0 Å². The molecule has 1 heterocycles. The molecule has 0 unspecified atom stereocenters. The molecule has 0 spiro atoms. The van der Waals surface area contributed by atoms with E-state index in [1.165, 1.54) is 18.2 Å². The summed E-state index contributed by atoms with van der Waals surface area (Å²) >= 11 is 6.04. The monoisotopic (exact) mass is 450 g/mol. The summed E-state index contributed by atoms with van der Waals surface area (Å²) in [5.74, 6) is -0.0187. The zero-order valence-electron chi connectivity index (χ0n) is 16.7. The van der Waals surface area contributed by atoms with Gasteiger partial charge in [0, 0.05) is 25.3 Å². The average Bonchev–Trinajstić information content (AvgIpc) is 3.03. The van der Waals surface area contributed by atoms with Gasteiger partial charge in [0.05, 0.1) is 28.0 Å². The van der Waals surface area contributed by atoms with Crippen LogP contribution in [0.1, 0.15) is 23.7 Å². The summed E-state index contributed by atoms with van der Waals surface area (Å²) in [5.41, 5.74) is 2.05. The van der Waals surface area contributed by atoms with Crippen molar-refractivity contribution in [3.8, 4) is 0 Å². The Morgan fingerprint density at radius 1 is 1.23 bits per heavy atom. The maximum atomic E-state index is 12.8. The van der Waals surface area contributed by atoms with Crippen molar-refractivity contribution in [2.75, 3.05) is 29.5 Å². The maximum Gasteiger partial charge on any atom is 0.258 e. The summed E-state index contributed by atoms with van der Waals surface area (Å²) in [5, 5.41) is 3.01. The van der Waals surface area contributed by atoms with Gasteiger partial charge in [0.15, 0.2) is 0 Å². The topological polar surface area (TPSA) is 102 Å². The van der Waals surface area contributed by atoms with Crippen molar-refractivity contribution < 1.29 is 17.9 Å². The Morgan fingerprint density at radius 2 is 2.00 bits per heavy atom. The Morgan fingerprint density at radius 3 is 2.73 bits per heavy atom. The number of halogens is 1. The number of aromatic nitrogens is 2. The second kappa shape index (κ2) is 9.46. The molecule has 0 aliphatic heterocycles. The minimum absolute atomic E-state index is 0.136. The zero-order chi connectivity index (χ0) is 21.7. The van der Waals surface area contributed by atoms with Gasteiger partial charge in [0.1, 0.15) is 0 Å². The third-order valence-corrected chi connectivity index (χ3v) is 5.20. The molecular formula is C20H23ClN4O4S. The second-order valence-electron chi connectivity index (χ2n) is 6.65. The van der Waals surface area contributed by atoms with Gasteiger partial charge in [0.25, 0.3) is 5.91 Å². The van der Waals surface area contributed by atoms with Crippen LogP contribution in [0.5, 0.6) is 0 Å². The van der Waals surface area contributed by atoms with Crippen molar-refractivity contribution in [2.24, 2.45) is 0 Å². The van der Waals surface area contributed by atoms with Crippen LogP contribution in [-0.4, -0.2) is 43.3 Å². The average molecular weight is 451 g/mol. The first-order chi connectivity index (χ1) is 14.3. The lowest BCUT2D eigenvalue weighted by Gasteiger charge is -2.12. The number of anilines is 2. The number of sulfonamides is 1. The minimum atomic E-state index is -3.53. The summed E-state index contributed by atoms with van der Waals surface area (Å²) in [6.07, 6.45) is 1.78. The molecule has 1 aromatic heterocycles.